The number of fused-ring (bicyclic) bond motifs is 1. The summed E-state index contributed by atoms with van der Waals surface area (Å²) in [4.78, 5) is 12.9. The molecule has 1 N–H and O–H groups in total. The van der Waals surface area contributed by atoms with Crippen LogP contribution in [-0.4, -0.2) is 47.4 Å². The van der Waals surface area contributed by atoms with E-state index in [1.807, 2.05) is 0 Å². The Morgan fingerprint density at radius 3 is 2.60 bits per heavy atom. The van der Waals surface area contributed by atoms with Gasteiger partial charge < -0.3 is 19.5 Å². The Balaban J connectivity index is 1.85. The van der Waals surface area contributed by atoms with Gasteiger partial charge in [0, 0.05) is 10.6 Å². The fourth-order valence-corrected chi connectivity index (χ4v) is 4.31. The van der Waals surface area contributed by atoms with Crippen molar-refractivity contribution in [3.05, 3.63) is 47.0 Å². The molecule has 1 aliphatic rings. The molecule has 3 rings (SSSR count). The first-order chi connectivity index (χ1) is 14.1. The van der Waals surface area contributed by atoms with Crippen molar-refractivity contribution in [2.45, 2.75) is 19.1 Å². The lowest BCUT2D eigenvalue weighted by Crippen LogP contribution is -2.50. The summed E-state index contributed by atoms with van der Waals surface area (Å²) in [5.41, 5.74) is 1.02. The maximum Gasteiger partial charge on any atom is 0.263 e. The van der Waals surface area contributed by atoms with Crippen molar-refractivity contribution in [2.75, 3.05) is 31.3 Å². The third-order valence-corrected chi connectivity index (χ3v) is 6.13. The number of nitrogens with one attached hydrogen (secondary N) is 1. The molecule has 1 heterocycles. The Bertz CT molecular complexity index is 1060. The summed E-state index contributed by atoms with van der Waals surface area (Å²) < 4.78 is 42.1. The molecule has 0 saturated heterocycles. The number of carbonyl (C=O) groups is 1. The highest BCUT2D eigenvalue weighted by Gasteiger charge is 2.35. The van der Waals surface area contributed by atoms with Gasteiger partial charge in [0.25, 0.3) is 5.91 Å². The van der Waals surface area contributed by atoms with E-state index < -0.39 is 28.1 Å². The lowest BCUT2D eigenvalue weighted by atomic mass is 10.1. The lowest BCUT2D eigenvalue weighted by molar-refractivity contribution is -0.128. The van der Waals surface area contributed by atoms with Crippen LogP contribution >= 0.6 is 11.6 Å². The molecule has 0 saturated carbocycles. The predicted octanol–water partition coefficient (Wildman–Crippen LogP) is 2.76. The number of sulfonamides is 1. The van der Waals surface area contributed by atoms with E-state index in [4.69, 9.17) is 25.8 Å². The predicted molar refractivity (Wildman–Crippen MR) is 114 cm³/mol. The normalized spacial score (nSPS) is 16.8. The highest BCUT2D eigenvalue weighted by molar-refractivity contribution is 7.92. The molecular formula is C20H23ClN2O6S. The number of hydrogen-bond acceptors (Lipinski definition) is 6. The van der Waals surface area contributed by atoms with Gasteiger partial charge in [-0.05, 0) is 43.3 Å². The third-order valence-electron chi connectivity index (χ3n) is 4.75. The molecule has 2 atom stereocenters. The smallest absolute Gasteiger partial charge is 0.263 e. The van der Waals surface area contributed by atoms with E-state index in [1.165, 1.54) is 13.2 Å². The van der Waals surface area contributed by atoms with E-state index in [-0.39, 0.29) is 12.3 Å². The molecule has 2 aromatic rings. The van der Waals surface area contributed by atoms with Gasteiger partial charge in [0.1, 0.15) is 17.2 Å². The van der Waals surface area contributed by atoms with Gasteiger partial charge in [-0.3, -0.25) is 9.10 Å². The minimum Gasteiger partial charge on any atom is -0.497 e. The molecule has 0 radical (unpaired) electrons. The van der Waals surface area contributed by atoms with Crippen molar-refractivity contribution >= 4 is 33.2 Å². The summed E-state index contributed by atoms with van der Waals surface area (Å²) in [5, 5.41) is 3.23. The second-order valence-electron chi connectivity index (χ2n) is 6.85. The molecule has 10 heteroatoms. The van der Waals surface area contributed by atoms with Gasteiger partial charge in [0.2, 0.25) is 10.0 Å². The summed E-state index contributed by atoms with van der Waals surface area (Å²) in [6, 6.07) is 9.45. The molecule has 162 valence electrons. The molecular weight excluding hydrogens is 432 g/mol. The first kappa shape index (κ1) is 22.0. The summed E-state index contributed by atoms with van der Waals surface area (Å²) in [5.74, 6) is 1.02. The molecule has 0 unspecified atom stereocenters. The van der Waals surface area contributed by atoms with Crippen molar-refractivity contribution in [1.82, 2.24) is 5.32 Å². The van der Waals surface area contributed by atoms with Gasteiger partial charge in [0.05, 0.1) is 38.7 Å². The topological polar surface area (TPSA) is 94.2 Å². The Kier molecular flexibility index (Phi) is 6.33. The van der Waals surface area contributed by atoms with Crippen LogP contribution in [-0.2, 0) is 14.8 Å². The van der Waals surface area contributed by atoms with Gasteiger partial charge >= 0.3 is 0 Å². The summed E-state index contributed by atoms with van der Waals surface area (Å²) in [6.07, 6.45) is 0.0364. The van der Waals surface area contributed by atoms with Crippen LogP contribution in [0, 0.1) is 0 Å². The number of rotatable bonds is 6. The average Bonchev–Trinajstić information content (AvgIpc) is 2.71. The zero-order valence-electron chi connectivity index (χ0n) is 17.0. The number of hydrogen-bond donors (Lipinski definition) is 1. The van der Waals surface area contributed by atoms with E-state index in [0.717, 1.165) is 10.6 Å². The largest absolute Gasteiger partial charge is 0.497 e. The van der Waals surface area contributed by atoms with E-state index in [1.54, 1.807) is 44.4 Å². The number of benzene rings is 2. The van der Waals surface area contributed by atoms with Crippen LogP contribution in [0.4, 0.5) is 5.69 Å². The summed E-state index contributed by atoms with van der Waals surface area (Å²) in [6.45, 7) is 1.63. The fraction of sp³-hybridized carbons (Fsp3) is 0.350. The van der Waals surface area contributed by atoms with Crippen molar-refractivity contribution in [1.29, 1.82) is 0 Å². The minimum atomic E-state index is -3.64. The van der Waals surface area contributed by atoms with Crippen LogP contribution in [0.15, 0.2) is 36.4 Å². The van der Waals surface area contributed by atoms with Gasteiger partial charge in [-0.1, -0.05) is 11.6 Å². The van der Waals surface area contributed by atoms with E-state index in [2.05, 4.69) is 5.32 Å². The van der Waals surface area contributed by atoms with Gasteiger partial charge in [0.15, 0.2) is 6.10 Å². The average molecular weight is 455 g/mol. The Hall–Kier alpha value is -2.65. The second kappa shape index (κ2) is 8.61. The maximum absolute atomic E-state index is 12.9. The summed E-state index contributed by atoms with van der Waals surface area (Å²) >= 11 is 6.00. The number of carbonyl (C=O) groups excluding carboxylic acids is 1. The molecule has 0 bridgehead atoms. The molecule has 0 aromatic heterocycles. The zero-order valence-corrected chi connectivity index (χ0v) is 18.6. The van der Waals surface area contributed by atoms with E-state index in [9.17, 15) is 13.2 Å². The SMILES string of the molecule is COc1ccc(OC)c([C@@H](C)NC(=O)[C@H]2CN(S(C)(=O)=O)c3cc(Cl)ccc3O2)c1. The van der Waals surface area contributed by atoms with Crippen LogP contribution in [0.2, 0.25) is 5.02 Å². The quantitative estimate of drug-likeness (QED) is 0.721. The highest BCUT2D eigenvalue weighted by atomic mass is 35.5. The molecule has 1 aliphatic heterocycles. The number of anilines is 1. The Morgan fingerprint density at radius 2 is 1.97 bits per heavy atom. The van der Waals surface area contributed by atoms with Crippen molar-refractivity contribution < 1.29 is 27.4 Å². The molecule has 8 nitrogen and oxygen atoms in total. The van der Waals surface area contributed by atoms with Gasteiger partial charge in [-0.2, -0.15) is 0 Å². The molecule has 0 aliphatic carbocycles. The maximum atomic E-state index is 12.9. The molecule has 0 fully saturated rings. The lowest BCUT2D eigenvalue weighted by Gasteiger charge is -2.34. The summed E-state index contributed by atoms with van der Waals surface area (Å²) in [7, 11) is -0.557. The number of amides is 1. The second-order valence-corrected chi connectivity index (χ2v) is 9.19. The van der Waals surface area contributed by atoms with Gasteiger partial charge in [-0.25, -0.2) is 8.42 Å². The monoisotopic (exact) mass is 454 g/mol. The minimum absolute atomic E-state index is 0.167. The fourth-order valence-electron chi connectivity index (χ4n) is 3.24. The molecule has 2 aromatic carbocycles. The van der Waals surface area contributed by atoms with Crippen LogP contribution in [0.5, 0.6) is 17.2 Å². The Morgan fingerprint density at radius 1 is 1.23 bits per heavy atom. The molecule has 30 heavy (non-hydrogen) atoms. The van der Waals surface area contributed by atoms with Crippen LogP contribution in [0.3, 0.4) is 0 Å². The van der Waals surface area contributed by atoms with E-state index in [0.29, 0.717) is 27.8 Å². The van der Waals surface area contributed by atoms with E-state index >= 15 is 0 Å². The standard InChI is InChI=1S/C20H23ClN2O6S/c1-12(15-10-14(27-2)6-8-17(15)28-3)22-20(24)19-11-23(30(4,25)26)16-9-13(21)5-7-18(16)29-19/h5-10,12,19H,11H2,1-4H3,(H,22,24)/t12-,19-/m1/s1. The van der Waals surface area contributed by atoms with Crippen LogP contribution in [0.1, 0.15) is 18.5 Å². The van der Waals surface area contributed by atoms with Crippen molar-refractivity contribution in [3.8, 4) is 17.2 Å². The highest BCUT2D eigenvalue weighted by Crippen LogP contribution is 2.37. The first-order valence-electron chi connectivity index (χ1n) is 9.10. The molecule has 0 spiro atoms. The van der Waals surface area contributed by atoms with Crippen molar-refractivity contribution in [3.63, 3.8) is 0 Å². The Labute approximate surface area is 180 Å². The van der Waals surface area contributed by atoms with Gasteiger partial charge in [-0.15, -0.1) is 0 Å². The zero-order chi connectivity index (χ0) is 22.1. The molecule has 1 amide bonds. The number of halogens is 1. The number of ether oxygens (including phenoxy) is 3. The number of methoxy groups -OCH3 is 2. The number of nitrogens with zero attached hydrogens (tertiary/aromatic N) is 1. The van der Waals surface area contributed by atoms with Crippen LogP contribution in [0.25, 0.3) is 0 Å². The third kappa shape index (κ3) is 4.57. The van der Waals surface area contributed by atoms with Crippen molar-refractivity contribution in [2.24, 2.45) is 0 Å². The first-order valence-corrected chi connectivity index (χ1v) is 11.3. The van der Waals surface area contributed by atoms with Crippen LogP contribution < -0.4 is 23.8 Å².